The van der Waals surface area contributed by atoms with E-state index in [0.29, 0.717) is 11.4 Å². The smallest absolute Gasteiger partial charge is 0.271 e. The highest BCUT2D eigenvalue weighted by atomic mass is 35.5. The molecule has 0 saturated heterocycles. The molecule has 25 heavy (non-hydrogen) atoms. The average Bonchev–Trinajstić information content (AvgIpc) is 3.18. The highest BCUT2D eigenvalue weighted by Crippen LogP contribution is 2.20. The topological polar surface area (TPSA) is 83.0 Å². The summed E-state index contributed by atoms with van der Waals surface area (Å²) in [6.45, 7) is 0. The molecule has 2 aromatic heterocycles. The molecular weight excluding hydrogens is 344 g/mol. The number of nitro groups is 1. The predicted molar refractivity (Wildman–Crippen MR) is 94.0 cm³/mol. The first kappa shape index (κ1) is 16.7. The SMILES string of the molecule is Cn1cc(Cl)c(C(=O)/C=C/c2cccn2-c2cccc([N+](=O)[O-])c2)n1. The lowest BCUT2D eigenvalue weighted by atomic mass is 10.2. The van der Waals surface area contributed by atoms with Gasteiger partial charge in [-0.15, -0.1) is 0 Å². The summed E-state index contributed by atoms with van der Waals surface area (Å²) in [5.74, 6) is -0.322. The fraction of sp³-hybridized carbons (Fsp3) is 0.0588. The molecule has 0 radical (unpaired) electrons. The number of allylic oxidation sites excluding steroid dienone is 1. The largest absolute Gasteiger partial charge is 0.317 e. The van der Waals surface area contributed by atoms with Gasteiger partial charge in [0.25, 0.3) is 5.69 Å². The minimum Gasteiger partial charge on any atom is -0.317 e. The molecule has 3 rings (SSSR count). The Morgan fingerprint density at radius 1 is 1.32 bits per heavy atom. The molecule has 0 N–H and O–H groups in total. The van der Waals surface area contributed by atoms with E-state index in [2.05, 4.69) is 5.10 Å². The molecule has 1 aromatic carbocycles. The van der Waals surface area contributed by atoms with Crippen LogP contribution in [0.25, 0.3) is 11.8 Å². The number of hydrogen-bond acceptors (Lipinski definition) is 4. The number of aromatic nitrogens is 3. The normalized spacial score (nSPS) is 11.1. The zero-order chi connectivity index (χ0) is 18.0. The first-order chi connectivity index (χ1) is 12.0. The maximum Gasteiger partial charge on any atom is 0.271 e. The molecule has 8 heteroatoms. The zero-order valence-corrected chi connectivity index (χ0v) is 13.9. The van der Waals surface area contributed by atoms with Crippen LogP contribution < -0.4 is 0 Å². The van der Waals surface area contributed by atoms with Gasteiger partial charge in [-0.1, -0.05) is 17.7 Å². The summed E-state index contributed by atoms with van der Waals surface area (Å²) in [5, 5.41) is 15.2. The van der Waals surface area contributed by atoms with Gasteiger partial charge in [0.05, 0.1) is 15.6 Å². The second-order valence-corrected chi connectivity index (χ2v) is 5.68. The Morgan fingerprint density at radius 2 is 2.12 bits per heavy atom. The zero-order valence-electron chi connectivity index (χ0n) is 13.2. The van der Waals surface area contributed by atoms with Crippen molar-refractivity contribution in [1.29, 1.82) is 0 Å². The third-order valence-corrected chi connectivity index (χ3v) is 3.80. The minimum absolute atomic E-state index is 0.00234. The van der Waals surface area contributed by atoms with Crippen molar-refractivity contribution in [3.8, 4) is 5.69 Å². The van der Waals surface area contributed by atoms with E-state index in [4.69, 9.17) is 11.6 Å². The van der Waals surface area contributed by atoms with E-state index in [1.165, 1.54) is 22.9 Å². The van der Waals surface area contributed by atoms with E-state index < -0.39 is 4.92 Å². The van der Waals surface area contributed by atoms with Crippen LogP contribution >= 0.6 is 11.6 Å². The van der Waals surface area contributed by atoms with E-state index in [9.17, 15) is 14.9 Å². The van der Waals surface area contributed by atoms with E-state index in [1.54, 1.807) is 54.3 Å². The number of non-ortho nitro benzene ring substituents is 1. The van der Waals surface area contributed by atoms with Crippen molar-refractivity contribution in [3.05, 3.63) is 81.4 Å². The van der Waals surface area contributed by atoms with Crippen molar-refractivity contribution in [2.75, 3.05) is 0 Å². The number of nitrogens with zero attached hydrogens (tertiary/aromatic N) is 4. The Bertz CT molecular complexity index is 987. The Morgan fingerprint density at radius 3 is 2.80 bits per heavy atom. The van der Waals surface area contributed by atoms with Crippen LogP contribution in [-0.2, 0) is 7.05 Å². The number of hydrogen-bond donors (Lipinski definition) is 0. The van der Waals surface area contributed by atoms with Crippen LogP contribution in [0.3, 0.4) is 0 Å². The lowest BCUT2D eigenvalue weighted by Crippen LogP contribution is -1.99. The van der Waals surface area contributed by atoms with Gasteiger partial charge in [0.15, 0.2) is 5.69 Å². The summed E-state index contributed by atoms with van der Waals surface area (Å²) >= 11 is 5.97. The quantitative estimate of drug-likeness (QED) is 0.302. The number of rotatable bonds is 5. The van der Waals surface area contributed by atoms with Gasteiger partial charge in [-0.3, -0.25) is 19.6 Å². The van der Waals surface area contributed by atoms with Gasteiger partial charge in [0.1, 0.15) is 0 Å². The highest BCUT2D eigenvalue weighted by molar-refractivity contribution is 6.34. The molecule has 0 unspecified atom stereocenters. The van der Waals surface area contributed by atoms with Crippen LogP contribution in [0.15, 0.2) is 54.9 Å². The maximum absolute atomic E-state index is 12.2. The monoisotopic (exact) mass is 356 g/mol. The standard InChI is InChI=1S/C17H13ClN4O3/c1-20-11-15(18)17(19-20)16(23)8-7-12-6-3-9-21(12)13-4-2-5-14(10-13)22(24)25/h2-11H,1H3/b8-7+. The summed E-state index contributed by atoms with van der Waals surface area (Å²) in [6.07, 6.45) is 6.30. The van der Waals surface area contributed by atoms with Gasteiger partial charge < -0.3 is 4.57 Å². The Kier molecular flexibility index (Phi) is 4.49. The van der Waals surface area contributed by atoms with Crippen LogP contribution in [0.1, 0.15) is 16.2 Å². The molecule has 0 atom stereocenters. The Balaban J connectivity index is 1.89. The number of benzene rings is 1. The minimum atomic E-state index is -0.449. The number of ketones is 1. The molecule has 0 spiro atoms. The second kappa shape index (κ2) is 6.74. The fourth-order valence-electron chi connectivity index (χ4n) is 2.39. The van der Waals surface area contributed by atoms with Crippen molar-refractivity contribution in [3.63, 3.8) is 0 Å². The highest BCUT2D eigenvalue weighted by Gasteiger charge is 2.12. The Labute approximate surface area is 147 Å². The summed E-state index contributed by atoms with van der Waals surface area (Å²) in [6, 6.07) is 9.84. The molecule has 0 aliphatic heterocycles. The summed E-state index contributed by atoms with van der Waals surface area (Å²) < 4.78 is 3.21. The van der Waals surface area contributed by atoms with Gasteiger partial charge in [0, 0.05) is 37.3 Å². The van der Waals surface area contributed by atoms with E-state index in [1.807, 2.05) is 0 Å². The molecule has 3 aromatic rings. The molecule has 0 aliphatic rings. The predicted octanol–water partition coefficient (Wildman–Crippen LogP) is 3.67. The Hall–Kier alpha value is -3.19. The molecule has 0 fully saturated rings. The number of carbonyl (C=O) groups excluding carboxylic acids is 1. The van der Waals surface area contributed by atoms with Gasteiger partial charge >= 0.3 is 0 Å². The van der Waals surface area contributed by atoms with Crippen molar-refractivity contribution >= 4 is 29.1 Å². The van der Waals surface area contributed by atoms with Crippen LogP contribution in [0, 0.1) is 10.1 Å². The van der Waals surface area contributed by atoms with Gasteiger partial charge in [-0.05, 0) is 30.4 Å². The second-order valence-electron chi connectivity index (χ2n) is 5.28. The molecule has 0 aliphatic carbocycles. The lowest BCUT2D eigenvalue weighted by Gasteiger charge is -2.06. The van der Waals surface area contributed by atoms with Crippen LogP contribution in [0.4, 0.5) is 5.69 Å². The first-order valence-electron chi connectivity index (χ1n) is 7.29. The van der Waals surface area contributed by atoms with Gasteiger partial charge in [0.2, 0.25) is 5.78 Å². The van der Waals surface area contributed by atoms with Crippen molar-refractivity contribution in [1.82, 2.24) is 14.3 Å². The molecule has 0 amide bonds. The van der Waals surface area contributed by atoms with E-state index in [0.717, 1.165) is 0 Å². The van der Waals surface area contributed by atoms with Gasteiger partial charge in [-0.25, -0.2) is 0 Å². The van der Waals surface area contributed by atoms with E-state index in [-0.39, 0.29) is 22.2 Å². The summed E-state index contributed by atoms with van der Waals surface area (Å²) in [4.78, 5) is 22.7. The molecular formula is C17H13ClN4O3. The van der Waals surface area contributed by atoms with Gasteiger partial charge in [-0.2, -0.15) is 5.10 Å². The number of carbonyl (C=O) groups is 1. The molecule has 2 heterocycles. The lowest BCUT2D eigenvalue weighted by molar-refractivity contribution is -0.384. The van der Waals surface area contributed by atoms with E-state index >= 15 is 0 Å². The first-order valence-corrected chi connectivity index (χ1v) is 7.67. The number of halogens is 1. The number of nitro benzene ring substituents is 1. The molecule has 0 bridgehead atoms. The summed E-state index contributed by atoms with van der Waals surface area (Å²) in [5.41, 5.74) is 1.49. The van der Waals surface area contributed by atoms with Crippen molar-refractivity contribution < 1.29 is 9.72 Å². The van der Waals surface area contributed by atoms with Crippen molar-refractivity contribution in [2.24, 2.45) is 7.05 Å². The molecule has 0 saturated carbocycles. The maximum atomic E-state index is 12.2. The van der Waals surface area contributed by atoms with Crippen LogP contribution in [-0.4, -0.2) is 25.1 Å². The fourth-order valence-corrected chi connectivity index (χ4v) is 2.66. The molecule has 7 nitrogen and oxygen atoms in total. The summed E-state index contributed by atoms with van der Waals surface area (Å²) in [7, 11) is 1.68. The number of aryl methyl sites for hydroxylation is 1. The average molecular weight is 357 g/mol. The van der Waals surface area contributed by atoms with Crippen molar-refractivity contribution in [2.45, 2.75) is 0 Å². The van der Waals surface area contributed by atoms with Crippen LogP contribution in [0.5, 0.6) is 0 Å². The third-order valence-electron chi connectivity index (χ3n) is 3.52. The van der Waals surface area contributed by atoms with Crippen LogP contribution in [0.2, 0.25) is 5.02 Å². The molecule has 126 valence electrons. The third kappa shape index (κ3) is 3.51.